The number of hydrogen-bond donors (Lipinski definition) is 2. The third-order valence-corrected chi connectivity index (χ3v) is 8.06. The standard InChI is InChI=1S/C27H43N5O2S/c1-33-16-9-17-34-25(22-12-6-3-7-13-22)23-14-8-15-32(20-23)27-26(30-35-31-27)29-24(19-28)18-21-10-4-2-5-11-21/h3,6-7,12-13,21,23-25H,2,4-5,8-11,14-20,28H2,1H3,(H,29,30)/t23?,24-,25?/m0/s1. The van der Waals surface area contributed by atoms with Gasteiger partial charge >= 0.3 is 0 Å². The van der Waals surface area contributed by atoms with Crippen LogP contribution < -0.4 is 16.0 Å². The van der Waals surface area contributed by atoms with Crippen molar-refractivity contribution in [3.8, 4) is 0 Å². The van der Waals surface area contributed by atoms with E-state index in [9.17, 15) is 0 Å². The number of methoxy groups -OCH3 is 1. The number of ether oxygens (including phenoxy) is 2. The largest absolute Gasteiger partial charge is 0.385 e. The van der Waals surface area contributed by atoms with Crippen molar-refractivity contribution in [1.29, 1.82) is 0 Å². The smallest absolute Gasteiger partial charge is 0.186 e. The van der Waals surface area contributed by atoms with Gasteiger partial charge in [-0.3, -0.25) is 0 Å². The second-order valence-corrected chi connectivity index (χ2v) is 10.7. The van der Waals surface area contributed by atoms with Crippen LogP contribution in [0.2, 0.25) is 0 Å². The van der Waals surface area contributed by atoms with E-state index in [-0.39, 0.29) is 12.1 Å². The summed E-state index contributed by atoms with van der Waals surface area (Å²) in [7, 11) is 1.74. The van der Waals surface area contributed by atoms with Crippen molar-refractivity contribution in [3.05, 3.63) is 35.9 Å². The molecule has 4 rings (SSSR count). The SMILES string of the molecule is COCCCOC(c1ccccc1)C1CCCN(c2nsnc2N[C@H](CN)CC2CCCCC2)C1. The van der Waals surface area contributed by atoms with Crippen molar-refractivity contribution >= 4 is 23.4 Å². The minimum atomic E-state index is 0.0713. The summed E-state index contributed by atoms with van der Waals surface area (Å²) in [4.78, 5) is 2.41. The van der Waals surface area contributed by atoms with Gasteiger partial charge in [0.1, 0.15) is 0 Å². The molecule has 2 aromatic rings. The van der Waals surface area contributed by atoms with Gasteiger partial charge in [-0.1, -0.05) is 62.4 Å². The molecule has 1 saturated carbocycles. The molecule has 7 nitrogen and oxygen atoms in total. The minimum Gasteiger partial charge on any atom is -0.385 e. The predicted molar refractivity (Wildman–Crippen MR) is 144 cm³/mol. The summed E-state index contributed by atoms with van der Waals surface area (Å²) in [5.41, 5.74) is 7.43. The van der Waals surface area contributed by atoms with E-state index in [2.05, 4.69) is 44.9 Å². The van der Waals surface area contributed by atoms with E-state index in [4.69, 9.17) is 19.6 Å². The predicted octanol–water partition coefficient (Wildman–Crippen LogP) is 5.26. The molecule has 3 N–H and O–H groups in total. The third kappa shape index (κ3) is 7.62. The Morgan fingerprint density at radius 3 is 2.69 bits per heavy atom. The van der Waals surface area contributed by atoms with Gasteiger partial charge in [0.15, 0.2) is 11.6 Å². The maximum absolute atomic E-state index is 6.46. The lowest BCUT2D eigenvalue weighted by Crippen LogP contribution is -2.39. The minimum absolute atomic E-state index is 0.0713. The Labute approximate surface area is 215 Å². The van der Waals surface area contributed by atoms with Crippen LogP contribution in [0.3, 0.4) is 0 Å². The third-order valence-electron chi connectivity index (χ3n) is 7.54. The van der Waals surface area contributed by atoms with Gasteiger partial charge in [0, 0.05) is 51.9 Å². The number of benzene rings is 1. The summed E-state index contributed by atoms with van der Waals surface area (Å²) in [6, 6.07) is 10.9. The van der Waals surface area contributed by atoms with Gasteiger partial charge < -0.3 is 25.4 Å². The molecule has 2 aliphatic rings. The Kier molecular flexibility index (Phi) is 10.6. The van der Waals surface area contributed by atoms with Gasteiger partial charge in [0.2, 0.25) is 0 Å². The van der Waals surface area contributed by atoms with Gasteiger partial charge in [0.05, 0.1) is 17.8 Å². The first-order valence-corrected chi connectivity index (χ1v) is 14.2. The fraction of sp³-hybridized carbons (Fsp3) is 0.704. The summed E-state index contributed by atoms with van der Waals surface area (Å²) >= 11 is 1.29. The highest BCUT2D eigenvalue weighted by Crippen LogP contribution is 2.36. The Morgan fingerprint density at radius 2 is 1.91 bits per heavy atom. The molecule has 2 unspecified atom stereocenters. The fourth-order valence-electron chi connectivity index (χ4n) is 5.73. The zero-order chi connectivity index (χ0) is 24.3. The maximum atomic E-state index is 6.46. The number of rotatable bonds is 13. The highest BCUT2D eigenvalue weighted by molar-refractivity contribution is 6.99. The average Bonchev–Trinajstić information content (AvgIpc) is 3.38. The Bertz CT molecular complexity index is 845. The van der Waals surface area contributed by atoms with Gasteiger partial charge in [-0.05, 0) is 37.2 Å². The zero-order valence-electron chi connectivity index (χ0n) is 21.2. The van der Waals surface area contributed by atoms with E-state index in [0.29, 0.717) is 19.1 Å². The van der Waals surface area contributed by atoms with Crippen LogP contribution in [0, 0.1) is 11.8 Å². The van der Waals surface area contributed by atoms with Crippen LogP contribution in [0.15, 0.2) is 30.3 Å². The lowest BCUT2D eigenvalue weighted by Gasteiger charge is -2.37. The Morgan fingerprint density at radius 1 is 1.09 bits per heavy atom. The summed E-state index contributed by atoms with van der Waals surface area (Å²) < 4.78 is 21.1. The first-order chi connectivity index (χ1) is 17.3. The highest BCUT2D eigenvalue weighted by Gasteiger charge is 2.31. The second-order valence-electron chi connectivity index (χ2n) is 10.1. The average molecular weight is 502 g/mol. The van der Waals surface area contributed by atoms with Crippen LogP contribution in [-0.2, 0) is 9.47 Å². The van der Waals surface area contributed by atoms with Crippen molar-refractivity contribution in [1.82, 2.24) is 8.75 Å². The normalized spacial score (nSPS) is 21.1. The molecular formula is C27H43N5O2S. The summed E-state index contributed by atoms with van der Waals surface area (Å²) in [6.45, 7) is 3.97. The second kappa shape index (κ2) is 14.1. The van der Waals surface area contributed by atoms with E-state index in [1.165, 1.54) is 49.4 Å². The molecule has 2 fully saturated rings. The molecular weight excluding hydrogens is 458 g/mol. The topological polar surface area (TPSA) is 85.5 Å². The number of nitrogens with two attached hydrogens (primary N) is 1. The summed E-state index contributed by atoms with van der Waals surface area (Å²) in [5.74, 6) is 3.06. The molecule has 1 aromatic carbocycles. The lowest BCUT2D eigenvalue weighted by molar-refractivity contribution is -0.00237. The first kappa shape index (κ1) is 26.3. The monoisotopic (exact) mass is 501 g/mol. The van der Waals surface area contributed by atoms with E-state index >= 15 is 0 Å². The maximum Gasteiger partial charge on any atom is 0.186 e. The van der Waals surface area contributed by atoms with E-state index in [1.54, 1.807) is 7.11 Å². The van der Waals surface area contributed by atoms with Crippen LogP contribution in [0.25, 0.3) is 0 Å². The van der Waals surface area contributed by atoms with E-state index < -0.39 is 0 Å². The number of anilines is 2. The molecule has 1 aromatic heterocycles. The van der Waals surface area contributed by atoms with Crippen LogP contribution in [0.5, 0.6) is 0 Å². The number of hydrogen-bond acceptors (Lipinski definition) is 8. The molecule has 0 amide bonds. The van der Waals surface area contributed by atoms with E-state index in [0.717, 1.165) is 62.9 Å². The molecule has 35 heavy (non-hydrogen) atoms. The van der Waals surface area contributed by atoms with Crippen LogP contribution >= 0.6 is 11.7 Å². The first-order valence-electron chi connectivity index (χ1n) is 13.5. The molecule has 0 spiro atoms. The van der Waals surface area contributed by atoms with Crippen LogP contribution in [-0.4, -0.2) is 54.7 Å². The van der Waals surface area contributed by atoms with Crippen LogP contribution in [0.4, 0.5) is 11.6 Å². The van der Waals surface area contributed by atoms with Crippen molar-refractivity contribution in [2.75, 3.05) is 50.2 Å². The molecule has 1 aliphatic carbocycles. The van der Waals surface area contributed by atoms with Crippen molar-refractivity contribution in [3.63, 3.8) is 0 Å². The lowest BCUT2D eigenvalue weighted by atomic mass is 9.85. The quantitative estimate of drug-likeness (QED) is 0.362. The number of nitrogens with one attached hydrogen (secondary N) is 1. The van der Waals surface area contributed by atoms with Crippen LogP contribution in [0.1, 0.15) is 69.5 Å². The van der Waals surface area contributed by atoms with Gasteiger partial charge in [0.25, 0.3) is 0 Å². The Balaban J connectivity index is 1.42. The number of aromatic nitrogens is 2. The molecule has 3 atom stereocenters. The zero-order valence-corrected chi connectivity index (χ0v) is 22.1. The highest BCUT2D eigenvalue weighted by atomic mass is 32.1. The van der Waals surface area contributed by atoms with Gasteiger partial charge in [-0.2, -0.15) is 8.75 Å². The molecule has 194 valence electrons. The fourth-order valence-corrected chi connectivity index (χ4v) is 6.26. The Hall–Kier alpha value is -1.74. The van der Waals surface area contributed by atoms with Crippen molar-refractivity contribution < 1.29 is 9.47 Å². The van der Waals surface area contributed by atoms with Crippen molar-refractivity contribution in [2.45, 2.75) is 69.9 Å². The molecule has 0 radical (unpaired) electrons. The summed E-state index contributed by atoms with van der Waals surface area (Å²) in [6.07, 6.45) is 11.1. The molecule has 1 aliphatic heterocycles. The van der Waals surface area contributed by atoms with E-state index in [1.807, 2.05) is 0 Å². The number of nitrogens with zero attached hydrogens (tertiary/aromatic N) is 3. The molecule has 2 heterocycles. The van der Waals surface area contributed by atoms with Gasteiger partial charge in [-0.15, -0.1) is 0 Å². The molecule has 1 saturated heterocycles. The molecule has 0 bridgehead atoms. The molecule has 8 heteroatoms. The van der Waals surface area contributed by atoms with Gasteiger partial charge in [-0.25, -0.2) is 0 Å². The van der Waals surface area contributed by atoms with Crippen molar-refractivity contribution in [2.24, 2.45) is 17.6 Å². The number of piperidine rings is 1. The summed E-state index contributed by atoms with van der Waals surface area (Å²) in [5, 5.41) is 3.67.